The number of carbonyl (C=O) groups excluding carboxylic acids is 1. The molecule has 0 saturated carbocycles. The summed E-state index contributed by atoms with van der Waals surface area (Å²) in [5.41, 5.74) is 5.33. The summed E-state index contributed by atoms with van der Waals surface area (Å²) in [6, 6.07) is 18.6. The molecular formula is C44H62ClN3O10Si2. The van der Waals surface area contributed by atoms with Crippen LogP contribution in [0.3, 0.4) is 0 Å². The summed E-state index contributed by atoms with van der Waals surface area (Å²) in [5, 5.41) is 12.3. The quantitative estimate of drug-likeness (QED) is 0.0507. The van der Waals surface area contributed by atoms with Gasteiger partial charge >= 0.3 is 0 Å². The zero-order valence-corrected chi connectivity index (χ0v) is 39.2. The van der Waals surface area contributed by atoms with Gasteiger partial charge in [-0.3, -0.25) is 9.36 Å². The number of nitrogens with zero attached hydrogens (tertiary/aromatic N) is 2. The number of aliphatic hydroxyl groups excluding tert-OH is 1. The van der Waals surface area contributed by atoms with E-state index in [2.05, 4.69) is 58.8 Å². The van der Waals surface area contributed by atoms with Gasteiger partial charge in [0.15, 0.2) is 21.2 Å². The molecule has 328 valence electrons. The van der Waals surface area contributed by atoms with Crippen LogP contribution in [0, 0.1) is 0 Å². The highest BCUT2D eigenvalue weighted by Gasteiger charge is 2.52. The Bertz CT molecular complexity index is 2070. The molecule has 2 saturated heterocycles. The molecule has 1 amide bonds. The lowest BCUT2D eigenvalue weighted by Crippen LogP contribution is -2.47. The molecule has 0 aliphatic carbocycles. The summed E-state index contributed by atoms with van der Waals surface area (Å²) < 4.78 is 50.6. The Balaban J connectivity index is 1.23. The van der Waals surface area contributed by atoms with Crippen LogP contribution in [0.15, 0.2) is 54.6 Å². The van der Waals surface area contributed by atoms with Gasteiger partial charge < -0.3 is 48.0 Å². The van der Waals surface area contributed by atoms with Gasteiger partial charge in [0.1, 0.15) is 24.7 Å². The lowest BCUT2D eigenvalue weighted by molar-refractivity contribution is 0.00692. The van der Waals surface area contributed by atoms with Crippen molar-refractivity contribution in [2.24, 2.45) is 0 Å². The van der Waals surface area contributed by atoms with E-state index in [4.69, 9.17) is 59.3 Å². The zero-order valence-electron chi connectivity index (χ0n) is 36.5. The third kappa shape index (κ3) is 11.2. The summed E-state index contributed by atoms with van der Waals surface area (Å²) >= 11 is 7.07. The number of hydrogen-bond acceptors (Lipinski definition) is 11. The van der Waals surface area contributed by atoms with Gasteiger partial charge in [-0.15, -0.1) is 0 Å². The predicted octanol–water partition coefficient (Wildman–Crippen LogP) is 7.99. The minimum atomic E-state index is -2.04. The van der Waals surface area contributed by atoms with Crippen molar-refractivity contribution < 1.29 is 47.5 Å². The number of aliphatic hydroxyl groups is 1. The highest BCUT2D eigenvalue weighted by molar-refractivity contribution is 6.76. The molecule has 1 unspecified atom stereocenters. The molecule has 2 fully saturated rings. The van der Waals surface area contributed by atoms with Gasteiger partial charge in [-0.2, -0.15) is 4.98 Å². The van der Waals surface area contributed by atoms with Gasteiger partial charge in [0.2, 0.25) is 0 Å². The molecule has 6 rings (SSSR count). The number of aromatic nitrogens is 2. The van der Waals surface area contributed by atoms with Crippen molar-refractivity contribution in [2.45, 2.75) is 95.7 Å². The molecule has 3 heterocycles. The maximum Gasteiger partial charge on any atom is 0.299 e. The van der Waals surface area contributed by atoms with E-state index in [1.807, 2.05) is 47.0 Å². The molecule has 2 aliphatic rings. The van der Waals surface area contributed by atoms with Crippen LogP contribution in [-0.4, -0.2) is 121 Å². The highest BCUT2D eigenvalue weighted by Crippen LogP contribution is 2.42. The van der Waals surface area contributed by atoms with Gasteiger partial charge in [0.05, 0.1) is 55.2 Å². The number of nitrogens with one attached hydrogen (secondary N) is 1. The Morgan fingerprint density at radius 2 is 1.60 bits per heavy atom. The normalized spacial score (nSPS) is 19.5. The SMILES string of the molecule is COCOc1cc(C(=O)NCCOCCO)ccc1-c1ccc(-c2cc3nc(O[C@@H]4CO[C@@H]5C(O[Si](C)(C)C(C)(C)C)CO[C@@H]54)n(COCC[Si](C)(C)C)c3cc2Cl)cc1. The van der Waals surface area contributed by atoms with Crippen LogP contribution in [0.5, 0.6) is 11.8 Å². The highest BCUT2D eigenvalue weighted by atomic mass is 35.5. The number of hydrogen-bond donors (Lipinski definition) is 2. The first-order chi connectivity index (χ1) is 28.5. The lowest BCUT2D eigenvalue weighted by atomic mass is 9.98. The largest absolute Gasteiger partial charge is 0.467 e. The van der Waals surface area contributed by atoms with Crippen LogP contribution < -0.4 is 14.8 Å². The molecular weight excluding hydrogens is 822 g/mol. The van der Waals surface area contributed by atoms with Crippen molar-refractivity contribution in [3.8, 4) is 34.0 Å². The van der Waals surface area contributed by atoms with Crippen LogP contribution in [-0.2, 0) is 34.8 Å². The van der Waals surface area contributed by atoms with Crippen molar-refractivity contribution in [2.75, 3.05) is 60.1 Å². The Kier molecular flexibility index (Phi) is 15.2. The van der Waals surface area contributed by atoms with E-state index in [-0.39, 0.29) is 62.1 Å². The number of carbonyl (C=O) groups is 1. The summed E-state index contributed by atoms with van der Waals surface area (Å²) in [6.07, 6.45) is -1.02. The molecule has 3 aromatic carbocycles. The maximum absolute atomic E-state index is 12.9. The second kappa shape index (κ2) is 19.8. The van der Waals surface area contributed by atoms with Crippen LogP contribution in [0.2, 0.25) is 48.8 Å². The summed E-state index contributed by atoms with van der Waals surface area (Å²) in [4.78, 5) is 17.9. The van der Waals surface area contributed by atoms with Gasteiger partial charge in [-0.25, -0.2) is 0 Å². The van der Waals surface area contributed by atoms with E-state index in [9.17, 15) is 4.79 Å². The molecule has 1 aromatic heterocycles. The van der Waals surface area contributed by atoms with Crippen LogP contribution in [0.25, 0.3) is 33.3 Å². The first-order valence-corrected chi connectivity index (χ1v) is 27.7. The topological polar surface area (TPSA) is 141 Å². The maximum atomic E-state index is 12.9. The van der Waals surface area contributed by atoms with E-state index in [1.54, 1.807) is 19.2 Å². The number of benzene rings is 3. The first kappa shape index (κ1) is 46.2. The van der Waals surface area contributed by atoms with E-state index in [1.165, 1.54) is 0 Å². The van der Waals surface area contributed by atoms with Crippen LogP contribution >= 0.6 is 11.6 Å². The molecule has 0 radical (unpaired) electrons. The molecule has 4 atom stereocenters. The van der Waals surface area contributed by atoms with Crippen molar-refractivity contribution >= 4 is 44.9 Å². The second-order valence-electron chi connectivity index (χ2n) is 18.1. The fourth-order valence-electron chi connectivity index (χ4n) is 6.89. The Hall–Kier alpha value is -3.36. The molecule has 4 aromatic rings. The third-order valence-electron chi connectivity index (χ3n) is 11.3. The minimum Gasteiger partial charge on any atom is -0.467 e. The Morgan fingerprint density at radius 3 is 2.27 bits per heavy atom. The number of rotatable bonds is 20. The van der Waals surface area contributed by atoms with Gasteiger partial charge in [-0.05, 0) is 65.6 Å². The number of ether oxygens (including phenoxy) is 7. The fourth-order valence-corrected chi connectivity index (χ4v) is 9.23. The average molecular weight is 885 g/mol. The summed E-state index contributed by atoms with van der Waals surface area (Å²) in [7, 11) is -1.82. The zero-order chi connectivity index (χ0) is 43.2. The van der Waals surface area contributed by atoms with Crippen molar-refractivity contribution in [3.63, 3.8) is 0 Å². The van der Waals surface area contributed by atoms with Crippen LogP contribution in [0.1, 0.15) is 31.1 Å². The summed E-state index contributed by atoms with van der Waals surface area (Å²) in [5.74, 6) is 0.234. The predicted molar refractivity (Wildman–Crippen MR) is 238 cm³/mol. The molecule has 60 heavy (non-hydrogen) atoms. The van der Waals surface area contributed by atoms with Gasteiger partial charge in [-0.1, -0.05) is 76.3 Å². The number of imidazole rings is 1. The minimum absolute atomic E-state index is 0.0106. The molecule has 2 aliphatic heterocycles. The first-order valence-electron chi connectivity index (χ1n) is 20.7. The van der Waals surface area contributed by atoms with E-state index in [0.717, 1.165) is 33.8 Å². The molecule has 2 N–H and O–H groups in total. The smallest absolute Gasteiger partial charge is 0.299 e. The standard InChI is InChI=1S/C44H62ClN3O10Si2/c1-44(2,3)60(8,9)58-39-26-55-40-38(25-54-41(39)40)57-43-47-35-23-33(34(45)24-36(35)48(43)27-53-20-21-59(5,6)7)30-12-10-29(11-13-30)32-15-14-31(22-37(32)56-28-51-4)42(50)46-16-18-52-19-17-49/h10-15,22-24,38-41,49H,16-21,25-28H2,1-9H3,(H,46,50)/t38-,39?,40-,41-/m1/s1. The lowest BCUT2D eigenvalue weighted by Gasteiger charge is -2.39. The molecule has 13 nitrogen and oxygen atoms in total. The monoisotopic (exact) mass is 883 g/mol. The summed E-state index contributed by atoms with van der Waals surface area (Å²) in [6.45, 7) is 20.7. The number of methoxy groups -OCH3 is 1. The van der Waals surface area contributed by atoms with E-state index in [0.29, 0.717) is 60.8 Å². The van der Waals surface area contributed by atoms with Gasteiger partial charge in [0, 0.05) is 45.0 Å². The van der Waals surface area contributed by atoms with Crippen molar-refractivity contribution in [3.05, 3.63) is 65.2 Å². The Morgan fingerprint density at radius 1 is 0.917 bits per heavy atom. The molecule has 0 spiro atoms. The number of halogens is 1. The third-order valence-corrected chi connectivity index (χ3v) is 17.9. The Labute approximate surface area is 361 Å². The second-order valence-corrected chi connectivity index (χ2v) is 28.9. The molecule has 0 bridgehead atoms. The fraction of sp³-hybridized carbons (Fsp3) is 0.545. The van der Waals surface area contributed by atoms with Crippen molar-refractivity contribution in [1.29, 1.82) is 0 Å². The molecule has 16 heteroatoms. The van der Waals surface area contributed by atoms with Crippen molar-refractivity contribution in [1.82, 2.24) is 14.9 Å². The van der Waals surface area contributed by atoms with E-state index >= 15 is 0 Å². The number of amides is 1. The average Bonchev–Trinajstić information content (AvgIpc) is 3.88. The number of fused-ring (bicyclic) bond motifs is 2. The van der Waals surface area contributed by atoms with E-state index < -0.39 is 16.4 Å². The van der Waals surface area contributed by atoms with Gasteiger partial charge in [0.25, 0.3) is 11.9 Å². The van der Waals surface area contributed by atoms with Crippen LogP contribution in [0.4, 0.5) is 0 Å².